The normalized spacial score (nSPS) is 12.1. The Bertz CT molecular complexity index is 674. The van der Waals surface area contributed by atoms with E-state index in [2.05, 4.69) is 28.8 Å². The zero-order valence-electron chi connectivity index (χ0n) is 11.9. The van der Waals surface area contributed by atoms with Crippen molar-refractivity contribution in [3.8, 4) is 0 Å². The van der Waals surface area contributed by atoms with Crippen molar-refractivity contribution in [1.29, 1.82) is 0 Å². The zero-order valence-corrected chi connectivity index (χ0v) is 12.7. The Kier molecular flexibility index (Phi) is 4.83. The molecule has 0 atom stereocenters. The average molecular weight is 294 g/mol. The van der Waals surface area contributed by atoms with Crippen molar-refractivity contribution in [2.45, 2.75) is 26.3 Å². The lowest BCUT2D eigenvalue weighted by Gasteiger charge is -2.06. The molecule has 1 aromatic carbocycles. The molecule has 2 aromatic rings. The summed E-state index contributed by atoms with van der Waals surface area (Å²) in [6, 6.07) is 8.41. The van der Waals surface area contributed by atoms with Gasteiger partial charge in [0.15, 0.2) is 0 Å². The van der Waals surface area contributed by atoms with Crippen LogP contribution in [0.1, 0.15) is 18.9 Å². The molecule has 2 rings (SSSR count). The molecule has 0 radical (unpaired) electrons. The number of aromatic nitrogens is 1. The van der Waals surface area contributed by atoms with Gasteiger partial charge in [-0.15, -0.1) is 0 Å². The molecule has 5 heteroatoms. The minimum Gasteiger partial charge on any atom is -0.347 e. The number of hydrogen-bond donors (Lipinski definition) is 1. The standard InChI is InChI=1S/C15H22N2O2S/c1-2-20(18,19)11-3-9-17-10-7-14-12-13(6-8-16)4-5-15(14)17/h4-5,7,10,12H,2-3,6,8-9,11,16H2,1H3. The third-order valence-electron chi connectivity index (χ3n) is 3.56. The van der Waals surface area contributed by atoms with Gasteiger partial charge in [-0.25, -0.2) is 8.42 Å². The summed E-state index contributed by atoms with van der Waals surface area (Å²) in [5.74, 6) is 0.482. The maximum absolute atomic E-state index is 11.5. The summed E-state index contributed by atoms with van der Waals surface area (Å²) in [6.45, 7) is 3.08. The molecule has 0 unspecified atom stereocenters. The number of nitrogens with zero attached hydrogens (tertiary/aromatic N) is 1. The first-order valence-corrected chi connectivity index (χ1v) is 8.86. The molecule has 0 amide bonds. The van der Waals surface area contributed by atoms with Gasteiger partial charge in [-0.1, -0.05) is 13.0 Å². The quantitative estimate of drug-likeness (QED) is 0.849. The van der Waals surface area contributed by atoms with Gasteiger partial charge in [0.1, 0.15) is 9.84 Å². The second-order valence-electron chi connectivity index (χ2n) is 5.03. The maximum Gasteiger partial charge on any atom is 0.150 e. The van der Waals surface area contributed by atoms with Gasteiger partial charge in [-0.3, -0.25) is 0 Å². The van der Waals surface area contributed by atoms with E-state index in [1.807, 2.05) is 6.20 Å². The summed E-state index contributed by atoms with van der Waals surface area (Å²) in [4.78, 5) is 0. The van der Waals surface area contributed by atoms with Gasteiger partial charge < -0.3 is 10.3 Å². The molecular weight excluding hydrogens is 272 g/mol. The van der Waals surface area contributed by atoms with Gasteiger partial charge in [0.2, 0.25) is 0 Å². The van der Waals surface area contributed by atoms with Crippen LogP contribution in [-0.4, -0.2) is 31.0 Å². The summed E-state index contributed by atoms with van der Waals surface area (Å²) < 4.78 is 25.1. The van der Waals surface area contributed by atoms with Crippen LogP contribution in [-0.2, 0) is 22.8 Å². The molecule has 0 aliphatic carbocycles. The number of benzene rings is 1. The van der Waals surface area contributed by atoms with E-state index in [1.54, 1.807) is 6.92 Å². The lowest BCUT2D eigenvalue weighted by Crippen LogP contribution is -2.11. The minimum absolute atomic E-state index is 0.224. The smallest absolute Gasteiger partial charge is 0.150 e. The fourth-order valence-electron chi connectivity index (χ4n) is 2.37. The Balaban J connectivity index is 2.08. The van der Waals surface area contributed by atoms with Crippen LogP contribution in [0.4, 0.5) is 0 Å². The molecular formula is C15H22N2O2S. The molecule has 0 fully saturated rings. The highest BCUT2D eigenvalue weighted by Gasteiger charge is 2.08. The third-order valence-corrected chi connectivity index (χ3v) is 5.35. The molecule has 20 heavy (non-hydrogen) atoms. The van der Waals surface area contributed by atoms with Crippen LogP contribution in [0, 0.1) is 0 Å². The molecule has 0 aliphatic heterocycles. The van der Waals surface area contributed by atoms with Gasteiger partial charge in [-0.2, -0.15) is 0 Å². The van der Waals surface area contributed by atoms with Crippen LogP contribution in [0.5, 0.6) is 0 Å². The third kappa shape index (κ3) is 3.61. The number of fused-ring (bicyclic) bond motifs is 1. The maximum atomic E-state index is 11.5. The van der Waals surface area contributed by atoms with Crippen LogP contribution in [0.3, 0.4) is 0 Å². The Hall–Kier alpha value is -1.33. The molecule has 1 heterocycles. The van der Waals surface area contributed by atoms with Gasteiger partial charge in [0.25, 0.3) is 0 Å². The van der Waals surface area contributed by atoms with Crippen molar-refractivity contribution in [3.63, 3.8) is 0 Å². The largest absolute Gasteiger partial charge is 0.347 e. The second-order valence-corrected chi connectivity index (χ2v) is 7.50. The number of rotatable bonds is 7. The highest BCUT2D eigenvalue weighted by Crippen LogP contribution is 2.18. The van der Waals surface area contributed by atoms with Crippen molar-refractivity contribution >= 4 is 20.7 Å². The molecule has 4 nitrogen and oxygen atoms in total. The van der Waals surface area contributed by atoms with Crippen molar-refractivity contribution in [3.05, 3.63) is 36.0 Å². The van der Waals surface area contributed by atoms with Crippen LogP contribution in [0.15, 0.2) is 30.5 Å². The van der Waals surface area contributed by atoms with E-state index in [-0.39, 0.29) is 11.5 Å². The molecule has 0 bridgehead atoms. The zero-order chi connectivity index (χ0) is 14.6. The summed E-state index contributed by atoms with van der Waals surface area (Å²) in [5.41, 5.74) is 7.96. The monoisotopic (exact) mass is 294 g/mol. The minimum atomic E-state index is -2.87. The predicted octanol–water partition coefficient (Wildman–Crippen LogP) is 1.97. The van der Waals surface area contributed by atoms with E-state index in [0.717, 1.165) is 18.5 Å². The summed E-state index contributed by atoms with van der Waals surface area (Å²) in [5, 5.41) is 1.19. The molecule has 1 aromatic heterocycles. The Morgan fingerprint density at radius 3 is 2.75 bits per heavy atom. The Morgan fingerprint density at radius 2 is 2.05 bits per heavy atom. The van der Waals surface area contributed by atoms with Gasteiger partial charge in [0.05, 0.1) is 5.75 Å². The van der Waals surface area contributed by atoms with Gasteiger partial charge in [-0.05, 0) is 48.5 Å². The van der Waals surface area contributed by atoms with Crippen molar-refractivity contribution in [2.75, 3.05) is 18.1 Å². The lowest BCUT2D eigenvalue weighted by atomic mass is 10.1. The van der Waals surface area contributed by atoms with E-state index in [4.69, 9.17) is 5.73 Å². The molecule has 0 saturated heterocycles. The van der Waals surface area contributed by atoms with E-state index < -0.39 is 9.84 Å². The summed E-state index contributed by atoms with van der Waals surface area (Å²) in [6.07, 6.45) is 3.57. The summed E-state index contributed by atoms with van der Waals surface area (Å²) in [7, 11) is -2.87. The number of hydrogen-bond acceptors (Lipinski definition) is 3. The highest BCUT2D eigenvalue weighted by atomic mass is 32.2. The first-order chi connectivity index (χ1) is 9.55. The molecule has 0 aliphatic rings. The topological polar surface area (TPSA) is 65.1 Å². The number of nitrogens with two attached hydrogens (primary N) is 1. The van der Waals surface area contributed by atoms with Crippen LogP contribution in [0.2, 0.25) is 0 Å². The van der Waals surface area contributed by atoms with Crippen molar-refractivity contribution in [2.24, 2.45) is 5.73 Å². The van der Waals surface area contributed by atoms with E-state index in [9.17, 15) is 8.42 Å². The second kappa shape index (κ2) is 6.41. The molecule has 0 spiro atoms. The molecule has 2 N–H and O–H groups in total. The Labute approximate surface area is 120 Å². The average Bonchev–Trinajstić information content (AvgIpc) is 2.82. The molecule has 110 valence electrons. The predicted molar refractivity (Wildman–Crippen MR) is 83.6 cm³/mol. The first kappa shape index (κ1) is 15.1. The number of aryl methyl sites for hydroxylation is 1. The van der Waals surface area contributed by atoms with Gasteiger partial charge in [0, 0.05) is 24.0 Å². The molecule has 0 saturated carbocycles. The van der Waals surface area contributed by atoms with Crippen LogP contribution < -0.4 is 5.73 Å². The van der Waals surface area contributed by atoms with E-state index in [1.165, 1.54) is 10.9 Å². The van der Waals surface area contributed by atoms with Crippen LogP contribution >= 0.6 is 0 Å². The Morgan fingerprint density at radius 1 is 1.25 bits per heavy atom. The summed E-state index contributed by atoms with van der Waals surface area (Å²) >= 11 is 0. The lowest BCUT2D eigenvalue weighted by molar-refractivity contribution is 0.589. The van der Waals surface area contributed by atoms with E-state index in [0.29, 0.717) is 13.0 Å². The van der Waals surface area contributed by atoms with Crippen molar-refractivity contribution in [1.82, 2.24) is 4.57 Å². The van der Waals surface area contributed by atoms with Crippen molar-refractivity contribution < 1.29 is 8.42 Å². The first-order valence-electron chi connectivity index (χ1n) is 7.04. The highest BCUT2D eigenvalue weighted by molar-refractivity contribution is 7.91. The van der Waals surface area contributed by atoms with Gasteiger partial charge >= 0.3 is 0 Å². The van der Waals surface area contributed by atoms with E-state index >= 15 is 0 Å². The fraction of sp³-hybridized carbons (Fsp3) is 0.467. The SMILES string of the molecule is CCS(=O)(=O)CCCn1ccc2cc(CCN)ccc21. The van der Waals surface area contributed by atoms with Crippen LogP contribution in [0.25, 0.3) is 10.9 Å². The fourth-order valence-corrected chi connectivity index (χ4v) is 3.22. The number of sulfone groups is 1.